The van der Waals surface area contributed by atoms with Gasteiger partial charge < -0.3 is 19.7 Å². The smallest absolute Gasteiger partial charge is 0.331 e. The van der Waals surface area contributed by atoms with Crippen LogP contribution in [-0.2, 0) is 19.1 Å². The molecule has 1 aliphatic rings. The first-order chi connectivity index (χ1) is 11.5. The van der Waals surface area contributed by atoms with Gasteiger partial charge in [0, 0.05) is 30.5 Å². The van der Waals surface area contributed by atoms with Gasteiger partial charge in [-0.2, -0.15) is 0 Å². The van der Waals surface area contributed by atoms with Crippen LogP contribution in [0.3, 0.4) is 0 Å². The van der Waals surface area contributed by atoms with Gasteiger partial charge in [0.2, 0.25) is 0 Å². The third-order valence-electron chi connectivity index (χ3n) is 3.58. The third-order valence-corrected chi connectivity index (χ3v) is 3.58. The number of nitrogens with zero attached hydrogens (tertiary/aromatic N) is 1. The molecular formula is C18H24N2O4. The maximum atomic E-state index is 12.1. The third kappa shape index (κ3) is 5.38. The average molecular weight is 332 g/mol. The van der Waals surface area contributed by atoms with E-state index in [1.165, 1.54) is 6.08 Å². The van der Waals surface area contributed by atoms with Gasteiger partial charge in [-0.05, 0) is 45.0 Å². The highest BCUT2D eigenvalue weighted by atomic mass is 16.5. The number of amides is 1. The lowest BCUT2D eigenvalue weighted by molar-refractivity contribution is -0.148. The van der Waals surface area contributed by atoms with Gasteiger partial charge >= 0.3 is 5.97 Å². The molecule has 0 unspecified atom stereocenters. The number of rotatable bonds is 5. The van der Waals surface area contributed by atoms with E-state index in [1.54, 1.807) is 20.8 Å². The van der Waals surface area contributed by atoms with Crippen molar-refractivity contribution >= 4 is 23.3 Å². The van der Waals surface area contributed by atoms with Gasteiger partial charge in [0.1, 0.15) is 0 Å². The van der Waals surface area contributed by atoms with Crippen LogP contribution in [0.2, 0.25) is 0 Å². The van der Waals surface area contributed by atoms with Gasteiger partial charge in [0.15, 0.2) is 6.10 Å². The molecule has 1 atom stereocenters. The summed E-state index contributed by atoms with van der Waals surface area (Å²) in [5.41, 5.74) is 2.59. The second kappa shape index (κ2) is 8.49. The Morgan fingerprint density at radius 1 is 1.21 bits per heavy atom. The molecule has 1 aromatic rings. The quantitative estimate of drug-likeness (QED) is 0.662. The number of nitrogens with one attached hydrogen (secondary N) is 1. The van der Waals surface area contributed by atoms with Crippen LogP contribution in [-0.4, -0.2) is 44.3 Å². The van der Waals surface area contributed by atoms with E-state index in [0.717, 1.165) is 37.6 Å². The molecule has 0 spiro atoms. The Bertz CT molecular complexity index is 600. The van der Waals surface area contributed by atoms with Crippen molar-refractivity contribution < 1.29 is 19.1 Å². The van der Waals surface area contributed by atoms with E-state index < -0.39 is 12.1 Å². The van der Waals surface area contributed by atoms with Crippen LogP contribution in [0.15, 0.2) is 35.9 Å². The maximum Gasteiger partial charge on any atom is 0.331 e. The van der Waals surface area contributed by atoms with Crippen molar-refractivity contribution in [1.82, 2.24) is 0 Å². The Morgan fingerprint density at radius 3 is 2.42 bits per heavy atom. The highest BCUT2D eigenvalue weighted by Crippen LogP contribution is 2.19. The molecule has 6 nitrogen and oxygen atoms in total. The van der Waals surface area contributed by atoms with E-state index in [-0.39, 0.29) is 5.91 Å². The minimum Gasteiger partial charge on any atom is -0.449 e. The van der Waals surface area contributed by atoms with Crippen molar-refractivity contribution in [3.63, 3.8) is 0 Å². The summed E-state index contributed by atoms with van der Waals surface area (Å²) in [6.45, 7) is 8.32. The fourth-order valence-electron chi connectivity index (χ4n) is 2.32. The first-order valence-electron chi connectivity index (χ1n) is 8.05. The molecular weight excluding hydrogens is 308 g/mol. The van der Waals surface area contributed by atoms with Crippen molar-refractivity contribution in [2.75, 3.05) is 36.5 Å². The first-order valence-corrected chi connectivity index (χ1v) is 8.05. The summed E-state index contributed by atoms with van der Waals surface area (Å²) >= 11 is 0. The molecule has 0 aromatic heterocycles. The molecule has 6 heteroatoms. The normalized spacial score (nSPS) is 15.4. The number of morpholine rings is 1. The fraction of sp³-hybridized carbons (Fsp3) is 0.444. The van der Waals surface area contributed by atoms with Crippen molar-refractivity contribution in [3.8, 4) is 0 Å². The first kappa shape index (κ1) is 18.0. The molecule has 0 radical (unpaired) electrons. The SMILES string of the molecule is CC(C)=CC(=O)O[C@H](C)C(=O)Nc1ccc(N2CCOCC2)cc1. The van der Waals surface area contributed by atoms with Crippen molar-refractivity contribution in [3.05, 3.63) is 35.9 Å². The molecule has 1 amide bonds. The van der Waals surface area contributed by atoms with Crippen LogP contribution in [0.1, 0.15) is 20.8 Å². The van der Waals surface area contributed by atoms with Crippen LogP contribution in [0.25, 0.3) is 0 Å². The van der Waals surface area contributed by atoms with E-state index >= 15 is 0 Å². The standard InChI is InChI=1S/C18H24N2O4/c1-13(2)12-17(21)24-14(3)18(22)19-15-4-6-16(7-5-15)20-8-10-23-11-9-20/h4-7,12,14H,8-11H2,1-3H3,(H,19,22)/t14-/m1/s1. The zero-order chi connectivity index (χ0) is 17.5. The fourth-order valence-corrected chi connectivity index (χ4v) is 2.32. The number of hydrogen-bond acceptors (Lipinski definition) is 5. The van der Waals surface area contributed by atoms with E-state index in [0.29, 0.717) is 5.69 Å². The second-order valence-electron chi connectivity index (χ2n) is 5.94. The number of carbonyl (C=O) groups excluding carboxylic acids is 2. The van der Waals surface area contributed by atoms with Gasteiger partial charge in [-0.15, -0.1) is 0 Å². The predicted molar refractivity (Wildman–Crippen MR) is 93.1 cm³/mol. The lowest BCUT2D eigenvalue weighted by atomic mass is 10.2. The summed E-state index contributed by atoms with van der Waals surface area (Å²) in [4.78, 5) is 25.9. The summed E-state index contributed by atoms with van der Waals surface area (Å²) in [5.74, 6) is -0.870. The second-order valence-corrected chi connectivity index (χ2v) is 5.94. The topological polar surface area (TPSA) is 67.9 Å². The molecule has 130 valence electrons. The zero-order valence-electron chi connectivity index (χ0n) is 14.4. The number of allylic oxidation sites excluding steroid dienone is 1. The van der Waals surface area contributed by atoms with Crippen LogP contribution in [0.5, 0.6) is 0 Å². The van der Waals surface area contributed by atoms with Gasteiger partial charge in [-0.25, -0.2) is 4.79 Å². The molecule has 0 aliphatic carbocycles. The summed E-state index contributed by atoms with van der Waals surface area (Å²) in [7, 11) is 0. The van der Waals surface area contributed by atoms with E-state index in [1.807, 2.05) is 24.3 Å². The van der Waals surface area contributed by atoms with Crippen LogP contribution < -0.4 is 10.2 Å². The summed E-state index contributed by atoms with van der Waals surface area (Å²) < 4.78 is 10.4. The van der Waals surface area contributed by atoms with Gasteiger partial charge in [-0.1, -0.05) is 5.57 Å². The Morgan fingerprint density at radius 2 is 1.83 bits per heavy atom. The zero-order valence-corrected chi connectivity index (χ0v) is 14.4. The molecule has 1 N–H and O–H groups in total. The minimum absolute atomic E-state index is 0.357. The maximum absolute atomic E-state index is 12.1. The monoisotopic (exact) mass is 332 g/mol. The van der Waals surface area contributed by atoms with Crippen molar-refractivity contribution in [2.45, 2.75) is 26.9 Å². The van der Waals surface area contributed by atoms with Crippen LogP contribution >= 0.6 is 0 Å². The number of anilines is 2. The lowest BCUT2D eigenvalue weighted by Gasteiger charge is -2.28. The molecule has 0 bridgehead atoms. The number of esters is 1. The van der Waals surface area contributed by atoms with Crippen LogP contribution in [0, 0.1) is 0 Å². The molecule has 0 saturated carbocycles. The summed E-state index contributed by atoms with van der Waals surface area (Å²) in [5, 5.41) is 2.75. The molecule has 1 aliphatic heterocycles. The highest BCUT2D eigenvalue weighted by Gasteiger charge is 2.17. The Hall–Kier alpha value is -2.34. The number of ether oxygens (including phenoxy) is 2. The molecule has 1 fully saturated rings. The number of benzene rings is 1. The Balaban J connectivity index is 1.89. The Labute approximate surface area is 142 Å². The number of carbonyl (C=O) groups is 2. The van der Waals surface area contributed by atoms with Gasteiger partial charge in [-0.3, -0.25) is 4.79 Å². The highest BCUT2D eigenvalue weighted by molar-refractivity contribution is 5.96. The van der Waals surface area contributed by atoms with Gasteiger partial charge in [0.05, 0.1) is 13.2 Å². The average Bonchev–Trinajstić information content (AvgIpc) is 2.55. The predicted octanol–water partition coefficient (Wildman–Crippen LogP) is 2.36. The summed E-state index contributed by atoms with van der Waals surface area (Å²) in [6, 6.07) is 7.60. The minimum atomic E-state index is -0.855. The molecule has 1 aromatic carbocycles. The van der Waals surface area contributed by atoms with Crippen molar-refractivity contribution in [1.29, 1.82) is 0 Å². The van der Waals surface area contributed by atoms with E-state index in [4.69, 9.17) is 9.47 Å². The molecule has 2 rings (SSSR count). The molecule has 1 saturated heterocycles. The number of hydrogen-bond donors (Lipinski definition) is 1. The van der Waals surface area contributed by atoms with E-state index in [2.05, 4.69) is 10.2 Å². The Kier molecular flexibility index (Phi) is 6.37. The van der Waals surface area contributed by atoms with Crippen molar-refractivity contribution in [2.24, 2.45) is 0 Å². The van der Waals surface area contributed by atoms with Crippen LogP contribution in [0.4, 0.5) is 11.4 Å². The molecule has 24 heavy (non-hydrogen) atoms. The van der Waals surface area contributed by atoms with E-state index in [9.17, 15) is 9.59 Å². The largest absolute Gasteiger partial charge is 0.449 e. The lowest BCUT2D eigenvalue weighted by Crippen LogP contribution is -2.36. The summed E-state index contributed by atoms with van der Waals surface area (Å²) in [6.07, 6.45) is 0.507. The van der Waals surface area contributed by atoms with Gasteiger partial charge in [0.25, 0.3) is 5.91 Å². The molecule has 1 heterocycles.